The standard InChI is InChI=1S/C14H25N3O2/c1-11(2)8-6-4-5-7-9-15-13-12(19-3)14(18)17-10-16-13/h10-11H,4-9H2,1-3H3,(H2,15,16,17,18). The van der Waals surface area contributed by atoms with Gasteiger partial charge in [-0.15, -0.1) is 0 Å². The number of rotatable bonds is 9. The number of nitrogens with zero attached hydrogens (tertiary/aromatic N) is 1. The van der Waals surface area contributed by atoms with Crippen LogP contribution in [0.15, 0.2) is 11.1 Å². The number of ether oxygens (including phenoxy) is 1. The first-order valence-corrected chi connectivity index (χ1v) is 7.00. The Labute approximate surface area is 114 Å². The molecule has 1 heterocycles. The summed E-state index contributed by atoms with van der Waals surface area (Å²) < 4.78 is 5.03. The first-order chi connectivity index (χ1) is 9.15. The number of hydrogen-bond donors (Lipinski definition) is 2. The Bertz CT molecular complexity index is 415. The van der Waals surface area contributed by atoms with Crippen molar-refractivity contribution in [1.82, 2.24) is 9.97 Å². The molecule has 0 aliphatic rings. The van der Waals surface area contributed by atoms with Gasteiger partial charge in [0.1, 0.15) is 0 Å². The van der Waals surface area contributed by atoms with Crippen LogP contribution in [0.3, 0.4) is 0 Å². The maximum atomic E-state index is 11.4. The van der Waals surface area contributed by atoms with E-state index in [4.69, 9.17) is 4.74 Å². The minimum atomic E-state index is -0.253. The summed E-state index contributed by atoms with van der Waals surface area (Å²) in [7, 11) is 1.48. The zero-order chi connectivity index (χ0) is 14.1. The second kappa shape index (κ2) is 8.56. The van der Waals surface area contributed by atoms with Gasteiger partial charge in [0.2, 0.25) is 5.75 Å². The normalized spacial score (nSPS) is 10.7. The molecule has 0 saturated carbocycles. The van der Waals surface area contributed by atoms with Crippen LogP contribution in [0.1, 0.15) is 46.0 Å². The number of methoxy groups -OCH3 is 1. The molecule has 0 atom stereocenters. The fourth-order valence-corrected chi connectivity index (χ4v) is 1.94. The molecular weight excluding hydrogens is 242 g/mol. The Morgan fingerprint density at radius 2 is 2.05 bits per heavy atom. The van der Waals surface area contributed by atoms with Crippen molar-refractivity contribution in [2.75, 3.05) is 19.0 Å². The third-order valence-corrected chi connectivity index (χ3v) is 3.02. The largest absolute Gasteiger partial charge is 0.489 e. The van der Waals surface area contributed by atoms with Gasteiger partial charge in [-0.2, -0.15) is 0 Å². The molecule has 2 N–H and O–H groups in total. The molecule has 5 nitrogen and oxygen atoms in total. The average molecular weight is 267 g/mol. The highest BCUT2D eigenvalue weighted by atomic mass is 16.5. The molecule has 0 aromatic carbocycles. The zero-order valence-corrected chi connectivity index (χ0v) is 12.2. The number of H-pyrrole nitrogens is 1. The first kappa shape index (κ1) is 15.5. The smallest absolute Gasteiger partial charge is 0.295 e. The summed E-state index contributed by atoms with van der Waals surface area (Å²) in [6.07, 6.45) is 7.53. The maximum Gasteiger partial charge on any atom is 0.295 e. The van der Waals surface area contributed by atoms with E-state index < -0.39 is 0 Å². The molecule has 0 aliphatic heterocycles. The molecule has 1 rings (SSSR count). The molecule has 0 radical (unpaired) electrons. The number of nitrogens with one attached hydrogen (secondary N) is 2. The van der Waals surface area contributed by atoms with Gasteiger partial charge in [-0.05, 0) is 12.3 Å². The lowest BCUT2D eigenvalue weighted by Gasteiger charge is -2.08. The van der Waals surface area contributed by atoms with Crippen LogP contribution in [-0.2, 0) is 0 Å². The van der Waals surface area contributed by atoms with Gasteiger partial charge in [0, 0.05) is 6.54 Å². The summed E-state index contributed by atoms with van der Waals surface area (Å²) in [5.74, 6) is 1.57. The lowest BCUT2D eigenvalue weighted by molar-refractivity contribution is 0.408. The molecule has 1 aromatic heterocycles. The van der Waals surface area contributed by atoms with Crippen LogP contribution >= 0.6 is 0 Å². The molecule has 5 heteroatoms. The summed E-state index contributed by atoms with van der Waals surface area (Å²) >= 11 is 0. The minimum absolute atomic E-state index is 0.252. The Morgan fingerprint density at radius 3 is 2.74 bits per heavy atom. The van der Waals surface area contributed by atoms with Gasteiger partial charge >= 0.3 is 0 Å². The molecule has 0 fully saturated rings. The molecule has 19 heavy (non-hydrogen) atoms. The van der Waals surface area contributed by atoms with Crippen molar-refractivity contribution in [3.63, 3.8) is 0 Å². The lowest BCUT2D eigenvalue weighted by atomic mass is 10.0. The van der Waals surface area contributed by atoms with E-state index in [9.17, 15) is 4.79 Å². The predicted octanol–water partition coefficient (Wildman–Crippen LogP) is 2.80. The third kappa shape index (κ3) is 5.77. The second-order valence-electron chi connectivity index (χ2n) is 5.14. The summed E-state index contributed by atoms with van der Waals surface area (Å²) in [4.78, 5) is 18.0. The Kier molecular flexibility index (Phi) is 7.00. The number of hydrogen-bond acceptors (Lipinski definition) is 4. The zero-order valence-electron chi connectivity index (χ0n) is 12.2. The molecule has 0 aliphatic carbocycles. The van der Waals surface area contributed by atoms with Crippen molar-refractivity contribution >= 4 is 5.82 Å². The number of unbranched alkanes of at least 4 members (excludes halogenated alkanes) is 3. The van der Waals surface area contributed by atoms with Crippen LogP contribution in [0, 0.1) is 5.92 Å². The quantitative estimate of drug-likeness (QED) is 0.675. The van der Waals surface area contributed by atoms with E-state index in [1.165, 1.54) is 39.1 Å². The molecule has 0 bridgehead atoms. The molecule has 108 valence electrons. The Hall–Kier alpha value is -1.52. The lowest BCUT2D eigenvalue weighted by Crippen LogP contribution is -2.14. The van der Waals surface area contributed by atoms with Gasteiger partial charge in [-0.3, -0.25) is 4.79 Å². The van der Waals surface area contributed by atoms with Gasteiger partial charge in [0.05, 0.1) is 13.4 Å². The van der Waals surface area contributed by atoms with Crippen LogP contribution in [-0.4, -0.2) is 23.6 Å². The van der Waals surface area contributed by atoms with E-state index in [-0.39, 0.29) is 11.3 Å². The van der Waals surface area contributed by atoms with Gasteiger partial charge in [0.25, 0.3) is 5.56 Å². The van der Waals surface area contributed by atoms with E-state index in [0.717, 1.165) is 18.9 Å². The monoisotopic (exact) mass is 267 g/mol. The highest BCUT2D eigenvalue weighted by Gasteiger charge is 2.07. The van der Waals surface area contributed by atoms with E-state index in [2.05, 4.69) is 29.1 Å². The van der Waals surface area contributed by atoms with Crippen LogP contribution in [0.25, 0.3) is 0 Å². The van der Waals surface area contributed by atoms with Crippen LogP contribution in [0.4, 0.5) is 5.82 Å². The predicted molar refractivity (Wildman–Crippen MR) is 77.8 cm³/mol. The van der Waals surface area contributed by atoms with Crippen LogP contribution in [0.2, 0.25) is 0 Å². The number of aromatic amines is 1. The second-order valence-corrected chi connectivity index (χ2v) is 5.14. The summed E-state index contributed by atoms with van der Waals surface area (Å²) in [6, 6.07) is 0. The van der Waals surface area contributed by atoms with Crippen LogP contribution in [0.5, 0.6) is 5.75 Å². The average Bonchev–Trinajstić information content (AvgIpc) is 2.37. The number of anilines is 1. The Balaban J connectivity index is 2.23. The van der Waals surface area contributed by atoms with Crippen LogP contribution < -0.4 is 15.6 Å². The fourth-order valence-electron chi connectivity index (χ4n) is 1.94. The SMILES string of the molecule is COc1c(NCCCCCCC(C)C)nc[nH]c1=O. The van der Waals surface area contributed by atoms with E-state index in [1.807, 2.05) is 0 Å². The highest BCUT2D eigenvalue weighted by Crippen LogP contribution is 2.14. The van der Waals surface area contributed by atoms with Gasteiger partial charge < -0.3 is 15.0 Å². The minimum Gasteiger partial charge on any atom is -0.489 e. The van der Waals surface area contributed by atoms with Gasteiger partial charge in [-0.1, -0.05) is 39.5 Å². The fraction of sp³-hybridized carbons (Fsp3) is 0.714. The molecule has 1 aromatic rings. The Morgan fingerprint density at radius 1 is 1.32 bits per heavy atom. The molecular formula is C14H25N3O2. The molecule has 0 saturated heterocycles. The van der Waals surface area contributed by atoms with E-state index in [0.29, 0.717) is 5.82 Å². The van der Waals surface area contributed by atoms with Crippen molar-refractivity contribution in [3.8, 4) is 5.75 Å². The summed E-state index contributed by atoms with van der Waals surface area (Å²) in [5, 5.41) is 3.15. The van der Waals surface area contributed by atoms with Crippen molar-refractivity contribution in [2.24, 2.45) is 5.92 Å². The maximum absolute atomic E-state index is 11.4. The third-order valence-electron chi connectivity index (χ3n) is 3.02. The summed E-state index contributed by atoms with van der Waals surface area (Å²) in [6.45, 7) is 5.33. The van der Waals surface area contributed by atoms with Crippen molar-refractivity contribution in [2.45, 2.75) is 46.0 Å². The summed E-state index contributed by atoms with van der Waals surface area (Å²) in [5.41, 5.74) is -0.253. The van der Waals surface area contributed by atoms with Gasteiger partial charge in [-0.25, -0.2) is 4.98 Å². The molecule has 0 unspecified atom stereocenters. The topological polar surface area (TPSA) is 67.0 Å². The van der Waals surface area contributed by atoms with E-state index in [1.54, 1.807) is 0 Å². The molecule has 0 amide bonds. The highest BCUT2D eigenvalue weighted by molar-refractivity contribution is 5.47. The van der Waals surface area contributed by atoms with Crippen molar-refractivity contribution < 1.29 is 4.74 Å². The van der Waals surface area contributed by atoms with Crippen molar-refractivity contribution in [3.05, 3.63) is 16.7 Å². The van der Waals surface area contributed by atoms with Crippen molar-refractivity contribution in [1.29, 1.82) is 0 Å². The molecule has 0 spiro atoms. The van der Waals surface area contributed by atoms with E-state index >= 15 is 0 Å². The number of aromatic nitrogens is 2. The van der Waals surface area contributed by atoms with Gasteiger partial charge in [0.15, 0.2) is 5.82 Å². The first-order valence-electron chi connectivity index (χ1n) is 7.00.